The highest BCUT2D eigenvalue weighted by Crippen LogP contribution is 2.06. The summed E-state index contributed by atoms with van der Waals surface area (Å²) < 4.78 is 0. The Morgan fingerprint density at radius 1 is 1.12 bits per heavy atom. The van der Waals surface area contributed by atoms with Crippen molar-refractivity contribution < 1.29 is 9.64 Å². The molecule has 0 bridgehead atoms. The van der Waals surface area contributed by atoms with Crippen molar-refractivity contribution in [2.75, 3.05) is 10.6 Å². The van der Waals surface area contributed by atoms with Crippen molar-refractivity contribution >= 4 is 17.4 Å². The summed E-state index contributed by atoms with van der Waals surface area (Å²) in [6, 6.07) is 10.1. The van der Waals surface area contributed by atoms with Gasteiger partial charge in [-0.1, -0.05) is 23.0 Å². The van der Waals surface area contributed by atoms with Gasteiger partial charge in [0.25, 0.3) is 0 Å². The molecule has 0 unspecified atom stereocenters. The molecule has 0 spiro atoms. The second kappa shape index (κ2) is 4.93. The quantitative estimate of drug-likeness (QED) is 0.603. The summed E-state index contributed by atoms with van der Waals surface area (Å²) in [6.07, 6.45) is 2.48. The molecule has 2 amide bonds. The third-order valence-electron chi connectivity index (χ3n) is 1.97. The molecule has 0 aliphatic rings. The van der Waals surface area contributed by atoms with Gasteiger partial charge in [0.15, 0.2) is 0 Å². The average Bonchev–Trinajstić information content (AvgIpc) is 2.30. The topological polar surface area (TPSA) is 81.0 Å². The van der Waals surface area contributed by atoms with Crippen LogP contribution in [0.4, 0.5) is 16.2 Å². The van der Waals surface area contributed by atoms with Crippen molar-refractivity contribution in [3.8, 4) is 0 Å². The van der Waals surface area contributed by atoms with Crippen LogP contribution in [0.25, 0.3) is 0 Å². The molecule has 0 aliphatic carbocycles. The summed E-state index contributed by atoms with van der Waals surface area (Å²) >= 11 is 0. The van der Waals surface area contributed by atoms with Crippen LogP contribution in [0.5, 0.6) is 0 Å². The Morgan fingerprint density at radius 2 is 1.82 bits per heavy atom. The standard InChI is InChI=1S/C11H10N4O2/c16-11(13-9-4-2-1-3-5-9)14-10-6-7-12-15(17)8-10/h1-8H,(H2,13,14,16). The molecule has 86 valence electrons. The van der Waals surface area contributed by atoms with E-state index in [0.717, 1.165) is 0 Å². The zero-order valence-corrected chi connectivity index (χ0v) is 8.83. The average molecular weight is 230 g/mol. The summed E-state index contributed by atoms with van der Waals surface area (Å²) in [5.41, 5.74) is 1.05. The fourth-order valence-corrected chi connectivity index (χ4v) is 1.26. The van der Waals surface area contributed by atoms with Crippen LogP contribution >= 0.6 is 0 Å². The first-order valence-electron chi connectivity index (χ1n) is 4.92. The van der Waals surface area contributed by atoms with Crippen LogP contribution in [0, 0.1) is 5.21 Å². The second-order valence-corrected chi connectivity index (χ2v) is 3.26. The second-order valence-electron chi connectivity index (χ2n) is 3.26. The lowest BCUT2D eigenvalue weighted by Crippen LogP contribution is -2.31. The maximum absolute atomic E-state index is 11.5. The summed E-state index contributed by atoms with van der Waals surface area (Å²) in [4.78, 5) is 11.9. The molecule has 1 aromatic carbocycles. The number of hydrogen-bond donors (Lipinski definition) is 2. The fourth-order valence-electron chi connectivity index (χ4n) is 1.26. The van der Waals surface area contributed by atoms with Gasteiger partial charge >= 0.3 is 6.03 Å². The molecule has 0 saturated heterocycles. The van der Waals surface area contributed by atoms with E-state index in [4.69, 9.17) is 0 Å². The molecule has 0 atom stereocenters. The monoisotopic (exact) mass is 230 g/mol. The lowest BCUT2D eigenvalue weighted by Gasteiger charge is -2.06. The number of para-hydroxylation sites is 1. The predicted octanol–water partition coefficient (Wildman–Crippen LogP) is 1.36. The highest BCUT2D eigenvalue weighted by atomic mass is 16.5. The van der Waals surface area contributed by atoms with Crippen LogP contribution in [-0.2, 0) is 0 Å². The SMILES string of the molecule is O=C(Nc1ccccc1)Nc1ccn[n+]([O-])c1. The van der Waals surface area contributed by atoms with E-state index in [-0.39, 0.29) is 0 Å². The highest BCUT2D eigenvalue weighted by molar-refractivity contribution is 5.99. The van der Waals surface area contributed by atoms with Crippen molar-refractivity contribution in [1.29, 1.82) is 0 Å². The molecule has 1 heterocycles. The minimum absolute atomic E-state index is 0.373. The first-order chi connectivity index (χ1) is 8.24. The van der Waals surface area contributed by atoms with Crippen molar-refractivity contribution in [3.63, 3.8) is 0 Å². The highest BCUT2D eigenvalue weighted by Gasteiger charge is 2.04. The summed E-state index contributed by atoms with van der Waals surface area (Å²) in [7, 11) is 0. The number of nitrogens with zero attached hydrogens (tertiary/aromatic N) is 2. The largest absolute Gasteiger partial charge is 0.594 e. The van der Waals surface area contributed by atoms with Crippen LogP contribution in [0.1, 0.15) is 0 Å². The van der Waals surface area contributed by atoms with E-state index in [1.807, 2.05) is 18.2 Å². The summed E-state index contributed by atoms with van der Waals surface area (Å²) in [5.74, 6) is 0. The van der Waals surface area contributed by atoms with Crippen LogP contribution in [-0.4, -0.2) is 11.1 Å². The summed E-state index contributed by atoms with van der Waals surface area (Å²) in [6.45, 7) is 0. The van der Waals surface area contributed by atoms with E-state index in [1.165, 1.54) is 18.5 Å². The van der Waals surface area contributed by atoms with Gasteiger partial charge in [-0.25, -0.2) is 4.79 Å². The third-order valence-corrected chi connectivity index (χ3v) is 1.97. The number of rotatable bonds is 2. The molecule has 0 saturated carbocycles. The number of amides is 2. The molecular formula is C11H10N4O2. The van der Waals surface area contributed by atoms with Gasteiger partial charge in [0, 0.05) is 10.8 Å². The molecular weight excluding hydrogens is 220 g/mol. The van der Waals surface area contributed by atoms with E-state index in [2.05, 4.69) is 15.7 Å². The first kappa shape index (κ1) is 10.9. The molecule has 0 aliphatic heterocycles. The molecule has 0 radical (unpaired) electrons. The molecule has 6 heteroatoms. The lowest BCUT2D eigenvalue weighted by molar-refractivity contribution is -0.668. The Labute approximate surface area is 97.5 Å². The van der Waals surface area contributed by atoms with Crippen LogP contribution < -0.4 is 15.5 Å². The number of benzene rings is 1. The zero-order chi connectivity index (χ0) is 12.1. The molecule has 2 aromatic rings. The van der Waals surface area contributed by atoms with Gasteiger partial charge in [0.2, 0.25) is 6.20 Å². The number of carbonyl (C=O) groups excluding carboxylic acids is 1. The number of hydrogen-bond acceptors (Lipinski definition) is 3. The molecule has 17 heavy (non-hydrogen) atoms. The minimum atomic E-state index is -0.414. The van der Waals surface area contributed by atoms with Crippen molar-refractivity contribution in [3.05, 3.63) is 54.0 Å². The van der Waals surface area contributed by atoms with Gasteiger partial charge in [0.1, 0.15) is 5.69 Å². The first-order valence-corrected chi connectivity index (χ1v) is 4.92. The van der Waals surface area contributed by atoms with Gasteiger partial charge in [-0.05, 0) is 18.2 Å². The third kappa shape index (κ3) is 3.16. The van der Waals surface area contributed by atoms with Crippen LogP contribution in [0.3, 0.4) is 0 Å². The lowest BCUT2D eigenvalue weighted by atomic mass is 10.3. The maximum Gasteiger partial charge on any atom is 0.323 e. The number of anilines is 2. The van der Waals surface area contributed by atoms with E-state index in [1.54, 1.807) is 12.1 Å². The minimum Gasteiger partial charge on any atom is -0.594 e. The number of aromatic nitrogens is 2. The van der Waals surface area contributed by atoms with Gasteiger partial charge < -0.3 is 15.8 Å². The zero-order valence-electron chi connectivity index (χ0n) is 8.83. The maximum atomic E-state index is 11.5. The van der Waals surface area contributed by atoms with Crippen LogP contribution in [0.15, 0.2) is 48.8 Å². The van der Waals surface area contributed by atoms with E-state index in [9.17, 15) is 10.0 Å². The number of nitrogens with one attached hydrogen (secondary N) is 2. The van der Waals surface area contributed by atoms with Gasteiger partial charge in [-0.2, -0.15) is 0 Å². The van der Waals surface area contributed by atoms with Gasteiger partial charge in [-0.3, -0.25) is 0 Å². The number of urea groups is 1. The van der Waals surface area contributed by atoms with Gasteiger partial charge in [-0.15, -0.1) is 0 Å². The Morgan fingerprint density at radius 3 is 2.53 bits per heavy atom. The Balaban J connectivity index is 1.98. The smallest absolute Gasteiger partial charge is 0.323 e. The predicted molar refractivity (Wildman–Crippen MR) is 62.3 cm³/mol. The van der Waals surface area contributed by atoms with Crippen molar-refractivity contribution in [1.82, 2.24) is 5.10 Å². The molecule has 1 aromatic heterocycles. The van der Waals surface area contributed by atoms with E-state index < -0.39 is 6.03 Å². The summed E-state index contributed by atoms with van der Waals surface area (Å²) in [5, 5.41) is 19.4. The van der Waals surface area contributed by atoms with Crippen molar-refractivity contribution in [2.24, 2.45) is 0 Å². The molecule has 0 fully saturated rings. The fraction of sp³-hybridized carbons (Fsp3) is 0. The van der Waals surface area contributed by atoms with Crippen LogP contribution in [0.2, 0.25) is 0 Å². The Kier molecular flexibility index (Phi) is 3.15. The Hall–Kier alpha value is -2.63. The van der Waals surface area contributed by atoms with Crippen molar-refractivity contribution in [2.45, 2.75) is 0 Å². The van der Waals surface area contributed by atoms with E-state index >= 15 is 0 Å². The van der Waals surface area contributed by atoms with Gasteiger partial charge in [0.05, 0.1) is 6.20 Å². The molecule has 2 N–H and O–H groups in total. The molecule has 2 rings (SSSR count). The molecule has 6 nitrogen and oxygen atoms in total. The number of carbonyl (C=O) groups is 1. The normalized spacial score (nSPS) is 9.65. The Bertz CT molecular complexity index is 516. The van der Waals surface area contributed by atoms with E-state index in [0.29, 0.717) is 16.2 Å².